The molecule has 1 atom stereocenters. The van der Waals surface area contributed by atoms with Crippen molar-refractivity contribution in [3.05, 3.63) is 29.6 Å². The third-order valence-electron chi connectivity index (χ3n) is 3.12. The second-order valence-electron chi connectivity index (χ2n) is 6.95. The van der Waals surface area contributed by atoms with Crippen molar-refractivity contribution >= 4 is 6.09 Å². The van der Waals surface area contributed by atoms with E-state index >= 15 is 0 Å². The zero-order valence-electron chi connectivity index (χ0n) is 13.1. The molecule has 4 nitrogen and oxygen atoms in total. The number of rotatable bonds is 1. The topological polar surface area (TPSA) is 47.6 Å². The van der Waals surface area contributed by atoms with Crippen LogP contribution in [0.1, 0.15) is 52.6 Å². The van der Waals surface area contributed by atoms with E-state index in [9.17, 15) is 9.18 Å². The molecule has 116 valence electrons. The van der Waals surface area contributed by atoms with Crippen LogP contribution in [-0.4, -0.2) is 17.3 Å². The summed E-state index contributed by atoms with van der Waals surface area (Å²) in [6.45, 7) is 9.24. The van der Waals surface area contributed by atoms with E-state index < -0.39 is 17.3 Å². The van der Waals surface area contributed by atoms with E-state index in [2.05, 4.69) is 5.32 Å². The van der Waals surface area contributed by atoms with Gasteiger partial charge in [-0.3, -0.25) is 0 Å². The summed E-state index contributed by atoms with van der Waals surface area (Å²) < 4.78 is 24.4. The van der Waals surface area contributed by atoms with E-state index in [1.807, 2.05) is 34.6 Å². The highest BCUT2D eigenvalue weighted by Crippen LogP contribution is 2.39. The lowest BCUT2D eigenvalue weighted by atomic mass is 9.90. The van der Waals surface area contributed by atoms with Gasteiger partial charge in [0.1, 0.15) is 22.8 Å². The first-order valence-electron chi connectivity index (χ1n) is 7.04. The minimum Gasteiger partial charge on any atom is -0.487 e. The monoisotopic (exact) mass is 295 g/mol. The third-order valence-corrected chi connectivity index (χ3v) is 3.12. The average molecular weight is 295 g/mol. The predicted molar refractivity (Wildman–Crippen MR) is 77.8 cm³/mol. The lowest BCUT2D eigenvalue weighted by Gasteiger charge is -2.38. The molecule has 1 aliphatic rings. The highest BCUT2D eigenvalue weighted by Gasteiger charge is 2.35. The van der Waals surface area contributed by atoms with Gasteiger partial charge < -0.3 is 14.8 Å². The van der Waals surface area contributed by atoms with Crippen LogP contribution in [0.5, 0.6) is 5.75 Å². The van der Waals surface area contributed by atoms with Crippen molar-refractivity contribution < 1.29 is 18.7 Å². The maximum atomic E-state index is 13.4. The van der Waals surface area contributed by atoms with Crippen molar-refractivity contribution in [1.29, 1.82) is 0 Å². The molecule has 0 saturated carbocycles. The second-order valence-corrected chi connectivity index (χ2v) is 6.95. The number of alkyl carbamates (subject to hydrolysis) is 1. The fourth-order valence-corrected chi connectivity index (χ4v) is 2.40. The van der Waals surface area contributed by atoms with Crippen LogP contribution in [0.15, 0.2) is 18.2 Å². The molecule has 1 amide bonds. The Bertz CT molecular complexity index is 549. The van der Waals surface area contributed by atoms with Gasteiger partial charge in [0.15, 0.2) is 0 Å². The Kier molecular flexibility index (Phi) is 3.87. The molecule has 0 bridgehead atoms. The molecule has 1 N–H and O–H groups in total. The van der Waals surface area contributed by atoms with Crippen LogP contribution in [0.3, 0.4) is 0 Å². The number of fused-ring (bicyclic) bond motifs is 1. The molecule has 0 saturated heterocycles. The summed E-state index contributed by atoms with van der Waals surface area (Å²) in [5, 5.41) is 2.84. The van der Waals surface area contributed by atoms with Crippen LogP contribution in [0.25, 0.3) is 0 Å². The van der Waals surface area contributed by atoms with Gasteiger partial charge in [0.05, 0.1) is 6.04 Å². The number of halogens is 1. The summed E-state index contributed by atoms with van der Waals surface area (Å²) in [6.07, 6.45) is 0.102. The molecule has 21 heavy (non-hydrogen) atoms. The van der Waals surface area contributed by atoms with Crippen LogP contribution in [0.4, 0.5) is 9.18 Å². The number of carbonyl (C=O) groups is 1. The van der Waals surface area contributed by atoms with Crippen molar-refractivity contribution in [3.8, 4) is 5.75 Å². The van der Waals surface area contributed by atoms with E-state index in [0.717, 1.165) is 5.56 Å². The molecule has 1 aliphatic heterocycles. The van der Waals surface area contributed by atoms with Crippen LogP contribution in [-0.2, 0) is 4.74 Å². The number of nitrogens with one attached hydrogen (secondary N) is 1. The number of benzene rings is 1. The molecule has 5 heteroatoms. The Labute approximate surface area is 124 Å². The minimum absolute atomic E-state index is 0.265. The van der Waals surface area contributed by atoms with Crippen LogP contribution >= 0.6 is 0 Å². The Morgan fingerprint density at radius 1 is 1.43 bits per heavy atom. The lowest BCUT2D eigenvalue weighted by Crippen LogP contribution is -2.42. The highest BCUT2D eigenvalue weighted by atomic mass is 19.1. The second kappa shape index (κ2) is 5.20. The largest absolute Gasteiger partial charge is 0.487 e. The van der Waals surface area contributed by atoms with Gasteiger partial charge in [-0.2, -0.15) is 0 Å². The number of amides is 1. The standard InChI is InChI=1S/C16H22FNO3/c1-15(2,3)21-14(19)18-12-9-16(4,5)20-13-8-10(17)6-7-11(12)13/h6-8,12H,9H2,1-5H3,(H,18,19)/t12-/m1/s1. The quantitative estimate of drug-likeness (QED) is 0.853. The van der Waals surface area contributed by atoms with Gasteiger partial charge in [-0.25, -0.2) is 9.18 Å². The third kappa shape index (κ3) is 4.09. The first-order valence-corrected chi connectivity index (χ1v) is 7.04. The molecule has 0 aromatic heterocycles. The summed E-state index contributed by atoms with van der Waals surface area (Å²) >= 11 is 0. The molecule has 0 aliphatic carbocycles. The maximum absolute atomic E-state index is 13.4. The smallest absolute Gasteiger partial charge is 0.408 e. The molecule has 0 fully saturated rings. The van der Waals surface area contributed by atoms with Crippen LogP contribution < -0.4 is 10.1 Å². The van der Waals surface area contributed by atoms with Gasteiger partial charge in [0.25, 0.3) is 0 Å². The van der Waals surface area contributed by atoms with Crippen LogP contribution in [0.2, 0.25) is 0 Å². The zero-order chi connectivity index (χ0) is 15.8. The van der Waals surface area contributed by atoms with Crippen molar-refractivity contribution in [2.75, 3.05) is 0 Å². The molecular formula is C16H22FNO3. The van der Waals surface area contributed by atoms with Gasteiger partial charge in [-0.1, -0.05) is 6.07 Å². The highest BCUT2D eigenvalue weighted by molar-refractivity contribution is 5.68. The Hall–Kier alpha value is -1.78. The summed E-state index contributed by atoms with van der Waals surface area (Å²) in [5.41, 5.74) is -0.279. The fraction of sp³-hybridized carbons (Fsp3) is 0.562. The number of hydrogen-bond donors (Lipinski definition) is 1. The van der Waals surface area contributed by atoms with E-state index in [4.69, 9.17) is 9.47 Å². The van der Waals surface area contributed by atoms with Gasteiger partial charge in [-0.05, 0) is 40.7 Å². The van der Waals surface area contributed by atoms with E-state index in [1.54, 1.807) is 6.07 Å². The van der Waals surface area contributed by atoms with Crippen LogP contribution in [0, 0.1) is 5.82 Å². The number of carbonyl (C=O) groups excluding carboxylic acids is 1. The Morgan fingerprint density at radius 2 is 2.10 bits per heavy atom. The summed E-state index contributed by atoms with van der Waals surface area (Å²) in [5.74, 6) is 0.106. The maximum Gasteiger partial charge on any atom is 0.408 e. The summed E-state index contributed by atoms with van der Waals surface area (Å²) in [7, 11) is 0. The van der Waals surface area contributed by atoms with Crippen molar-refractivity contribution in [2.24, 2.45) is 0 Å². The summed E-state index contributed by atoms with van der Waals surface area (Å²) in [4.78, 5) is 12.0. The Balaban J connectivity index is 2.22. The molecule has 0 radical (unpaired) electrons. The van der Waals surface area contributed by atoms with Crippen molar-refractivity contribution in [1.82, 2.24) is 5.32 Å². The molecular weight excluding hydrogens is 273 g/mol. The number of hydrogen-bond acceptors (Lipinski definition) is 3. The fourth-order valence-electron chi connectivity index (χ4n) is 2.40. The minimum atomic E-state index is -0.559. The molecule has 0 unspecified atom stereocenters. The van der Waals surface area contributed by atoms with Gasteiger partial charge >= 0.3 is 6.09 Å². The average Bonchev–Trinajstić information content (AvgIpc) is 2.23. The number of ether oxygens (including phenoxy) is 2. The van der Waals surface area contributed by atoms with Crippen molar-refractivity contribution in [3.63, 3.8) is 0 Å². The zero-order valence-corrected chi connectivity index (χ0v) is 13.1. The molecule has 1 aromatic carbocycles. The van der Waals surface area contributed by atoms with E-state index in [-0.39, 0.29) is 11.9 Å². The lowest BCUT2D eigenvalue weighted by molar-refractivity contribution is 0.0383. The predicted octanol–water partition coefficient (Wildman–Crippen LogP) is 3.95. The SMILES string of the molecule is CC(C)(C)OC(=O)N[C@@H]1CC(C)(C)Oc2cc(F)ccc21. The van der Waals surface area contributed by atoms with E-state index in [1.165, 1.54) is 12.1 Å². The first kappa shape index (κ1) is 15.6. The summed E-state index contributed by atoms with van der Waals surface area (Å²) in [6, 6.07) is 4.09. The van der Waals surface area contributed by atoms with Gasteiger partial charge in [-0.15, -0.1) is 0 Å². The molecule has 2 rings (SSSR count). The Morgan fingerprint density at radius 3 is 2.71 bits per heavy atom. The first-order chi connectivity index (χ1) is 9.56. The molecule has 1 heterocycles. The normalized spacial score (nSPS) is 20.2. The van der Waals surface area contributed by atoms with Gasteiger partial charge in [0, 0.05) is 18.1 Å². The van der Waals surface area contributed by atoms with Crippen molar-refractivity contribution in [2.45, 2.75) is 58.3 Å². The van der Waals surface area contributed by atoms with Gasteiger partial charge in [0.2, 0.25) is 0 Å². The van der Waals surface area contributed by atoms with E-state index in [0.29, 0.717) is 12.2 Å². The molecule has 0 spiro atoms. The molecule has 1 aromatic rings.